The summed E-state index contributed by atoms with van der Waals surface area (Å²) >= 11 is 1.55. The quantitative estimate of drug-likeness (QED) is 0.599. The van der Waals surface area contributed by atoms with E-state index in [4.69, 9.17) is 0 Å². The van der Waals surface area contributed by atoms with E-state index in [9.17, 15) is 4.79 Å². The van der Waals surface area contributed by atoms with Crippen LogP contribution in [0.25, 0.3) is 0 Å². The normalized spacial score (nSPS) is 15.9. The lowest BCUT2D eigenvalue weighted by atomic mass is 10.1. The number of aromatic nitrogens is 2. The van der Waals surface area contributed by atoms with Crippen LogP contribution in [0.2, 0.25) is 0 Å². The van der Waals surface area contributed by atoms with Gasteiger partial charge < -0.3 is 4.90 Å². The van der Waals surface area contributed by atoms with Gasteiger partial charge in [0.1, 0.15) is 0 Å². The third-order valence-electron chi connectivity index (χ3n) is 4.48. The molecule has 1 saturated carbocycles. The Morgan fingerprint density at radius 3 is 2.38 bits per heavy atom. The summed E-state index contributed by atoms with van der Waals surface area (Å²) in [6.07, 6.45) is 5.78. The van der Waals surface area contributed by atoms with Crippen molar-refractivity contribution in [2.75, 3.05) is 13.3 Å². The molecule has 1 atom stereocenters. The van der Waals surface area contributed by atoms with E-state index in [1.165, 1.54) is 12.8 Å². The van der Waals surface area contributed by atoms with E-state index in [1.54, 1.807) is 11.8 Å². The minimum absolute atomic E-state index is 0.224. The number of nitrogens with zero attached hydrogens (tertiary/aromatic N) is 3. The SMILES string of the molecule is CSc1nc(C)c(CCC(=O)N(C)C(C)C2CC2)c(C)n1. The molecular formula is C16H25N3OS. The Morgan fingerprint density at radius 2 is 1.90 bits per heavy atom. The van der Waals surface area contributed by atoms with Gasteiger partial charge in [-0.2, -0.15) is 0 Å². The van der Waals surface area contributed by atoms with Crippen molar-refractivity contribution in [3.8, 4) is 0 Å². The summed E-state index contributed by atoms with van der Waals surface area (Å²) in [6.45, 7) is 6.16. The fraction of sp³-hybridized carbons (Fsp3) is 0.688. The smallest absolute Gasteiger partial charge is 0.222 e. The summed E-state index contributed by atoms with van der Waals surface area (Å²) in [4.78, 5) is 23.2. The summed E-state index contributed by atoms with van der Waals surface area (Å²) in [7, 11) is 1.93. The second kappa shape index (κ2) is 6.77. The van der Waals surface area contributed by atoms with Gasteiger partial charge in [0, 0.05) is 30.9 Å². The number of amides is 1. The molecule has 1 aromatic rings. The summed E-state index contributed by atoms with van der Waals surface area (Å²) in [5.74, 6) is 0.939. The molecule has 1 unspecified atom stereocenters. The van der Waals surface area contributed by atoms with Gasteiger partial charge in [-0.05, 0) is 57.8 Å². The van der Waals surface area contributed by atoms with Crippen LogP contribution < -0.4 is 0 Å². The Bertz CT molecular complexity index is 505. The molecule has 1 heterocycles. The van der Waals surface area contributed by atoms with Gasteiger partial charge in [-0.3, -0.25) is 4.79 Å². The highest BCUT2D eigenvalue weighted by molar-refractivity contribution is 7.98. The van der Waals surface area contributed by atoms with Gasteiger partial charge in [-0.25, -0.2) is 9.97 Å². The van der Waals surface area contributed by atoms with Crippen molar-refractivity contribution in [1.82, 2.24) is 14.9 Å². The Balaban J connectivity index is 1.97. The van der Waals surface area contributed by atoms with E-state index >= 15 is 0 Å². The van der Waals surface area contributed by atoms with E-state index in [1.807, 2.05) is 32.1 Å². The highest BCUT2D eigenvalue weighted by atomic mass is 32.2. The molecule has 0 N–H and O–H groups in total. The Morgan fingerprint density at radius 1 is 1.33 bits per heavy atom. The first-order valence-corrected chi connectivity index (χ1v) is 8.80. The van der Waals surface area contributed by atoms with Gasteiger partial charge in [-0.15, -0.1) is 0 Å². The average Bonchev–Trinajstić information content (AvgIpc) is 3.28. The van der Waals surface area contributed by atoms with E-state index in [-0.39, 0.29) is 5.91 Å². The zero-order valence-electron chi connectivity index (χ0n) is 13.6. The zero-order valence-corrected chi connectivity index (χ0v) is 14.5. The van der Waals surface area contributed by atoms with Gasteiger partial charge in [0.05, 0.1) is 0 Å². The predicted octanol–water partition coefficient (Wildman–Crippen LogP) is 3.00. The molecule has 21 heavy (non-hydrogen) atoms. The van der Waals surface area contributed by atoms with Crippen LogP contribution >= 0.6 is 11.8 Å². The lowest BCUT2D eigenvalue weighted by molar-refractivity contribution is -0.132. The molecule has 0 bridgehead atoms. The molecule has 1 aromatic heterocycles. The Labute approximate surface area is 131 Å². The van der Waals surface area contributed by atoms with Crippen LogP contribution in [0, 0.1) is 19.8 Å². The third kappa shape index (κ3) is 3.96. The molecule has 0 aliphatic heterocycles. The number of aryl methyl sites for hydroxylation is 2. The maximum atomic E-state index is 12.3. The van der Waals surface area contributed by atoms with E-state index in [2.05, 4.69) is 16.9 Å². The van der Waals surface area contributed by atoms with Crippen LogP contribution in [0.4, 0.5) is 0 Å². The van der Waals surface area contributed by atoms with Crippen molar-refractivity contribution in [1.29, 1.82) is 0 Å². The van der Waals surface area contributed by atoms with Crippen molar-refractivity contribution >= 4 is 17.7 Å². The van der Waals surface area contributed by atoms with E-state index < -0.39 is 0 Å². The van der Waals surface area contributed by atoms with Crippen LogP contribution in [0.5, 0.6) is 0 Å². The van der Waals surface area contributed by atoms with Crippen LogP contribution in [-0.2, 0) is 11.2 Å². The molecule has 0 radical (unpaired) electrons. The van der Waals surface area contributed by atoms with Crippen molar-refractivity contribution in [2.24, 2.45) is 5.92 Å². The summed E-state index contributed by atoms with van der Waals surface area (Å²) in [6, 6.07) is 0.370. The number of hydrogen-bond acceptors (Lipinski definition) is 4. The van der Waals surface area contributed by atoms with Crippen LogP contribution in [0.3, 0.4) is 0 Å². The minimum Gasteiger partial charge on any atom is -0.343 e. The number of thioether (sulfide) groups is 1. The third-order valence-corrected chi connectivity index (χ3v) is 5.03. The lowest BCUT2D eigenvalue weighted by Crippen LogP contribution is -2.36. The Hall–Kier alpha value is -1.10. The molecule has 0 aromatic carbocycles. The van der Waals surface area contributed by atoms with Gasteiger partial charge in [0.2, 0.25) is 5.91 Å². The maximum absolute atomic E-state index is 12.3. The van der Waals surface area contributed by atoms with E-state index in [0.29, 0.717) is 18.4 Å². The molecule has 2 rings (SSSR count). The zero-order chi connectivity index (χ0) is 15.6. The second-order valence-corrected chi connectivity index (χ2v) is 6.72. The average molecular weight is 307 g/mol. The topological polar surface area (TPSA) is 46.1 Å². The van der Waals surface area contributed by atoms with Crippen molar-refractivity contribution in [2.45, 2.75) is 57.7 Å². The summed E-state index contributed by atoms with van der Waals surface area (Å²) < 4.78 is 0. The van der Waals surface area contributed by atoms with Gasteiger partial charge in [0.25, 0.3) is 0 Å². The standard InChI is InChI=1S/C16H25N3OS/c1-10-14(11(2)18-16(17-10)21-5)8-9-15(20)19(4)12(3)13-6-7-13/h12-13H,6-9H2,1-5H3. The number of rotatable bonds is 6. The first-order valence-electron chi connectivity index (χ1n) is 7.57. The number of carbonyl (C=O) groups is 1. The van der Waals surface area contributed by atoms with Crippen molar-refractivity contribution in [3.63, 3.8) is 0 Å². The molecule has 5 heteroatoms. The van der Waals surface area contributed by atoms with Crippen LogP contribution in [0.15, 0.2) is 5.16 Å². The molecule has 0 spiro atoms. The first kappa shape index (κ1) is 16.3. The highest BCUT2D eigenvalue weighted by Gasteiger charge is 2.32. The monoisotopic (exact) mass is 307 g/mol. The molecule has 4 nitrogen and oxygen atoms in total. The lowest BCUT2D eigenvalue weighted by Gasteiger charge is -2.25. The Kier molecular flexibility index (Phi) is 5.25. The van der Waals surface area contributed by atoms with Gasteiger partial charge in [0.15, 0.2) is 5.16 Å². The first-order chi connectivity index (χ1) is 9.93. The van der Waals surface area contributed by atoms with Gasteiger partial charge >= 0.3 is 0 Å². The molecule has 1 aliphatic carbocycles. The van der Waals surface area contributed by atoms with E-state index in [0.717, 1.165) is 28.5 Å². The molecule has 116 valence electrons. The number of carbonyl (C=O) groups excluding carboxylic acids is 1. The molecular weight excluding hydrogens is 282 g/mol. The summed E-state index contributed by atoms with van der Waals surface area (Å²) in [5, 5.41) is 0.805. The number of hydrogen-bond donors (Lipinski definition) is 0. The molecule has 0 saturated heterocycles. The molecule has 1 amide bonds. The van der Waals surface area contributed by atoms with Crippen molar-refractivity contribution in [3.05, 3.63) is 17.0 Å². The second-order valence-electron chi connectivity index (χ2n) is 5.94. The van der Waals surface area contributed by atoms with Crippen molar-refractivity contribution < 1.29 is 4.79 Å². The largest absolute Gasteiger partial charge is 0.343 e. The molecule has 1 aliphatic rings. The minimum atomic E-state index is 0.224. The predicted molar refractivity (Wildman–Crippen MR) is 86.6 cm³/mol. The fourth-order valence-electron chi connectivity index (χ4n) is 2.69. The van der Waals surface area contributed by atoms with Crippen LogP contribution in [0.1, 0.15) is 43.1 Å². The highest BCUT2D eigenvalue weighted by Crippen LogP contribution is 2.34. The van der Waals surface area contributed by atoms with Gasteiger partial charge in [-0.1, -0.05) is 11.8 Å². The molecule has 1 fully saturated rings. The van der Waals surface area contributed by atoms with Crippen LogP contribution in [-0.4, -0.2) is 40.1 Å². The maximum Gasteiger partial charge on any atom is 0.222 e. The summed E-state index contributed by atoms with van der Waals surface area (Å²) in [5.41, 5.74) is 3.11. The fourth-order valence-corrected chi connectivity index (χ4v) is 3.15.